The molecule has 2 rings (SSSR count). The van der Waals surface area contributed by atoms with E-state index in [0.717, 1.165) is 37.4 Å². The van der Waals surface area contributed by atoms with Crippen molar-refractivity contribution in [3.05, 3.63) is 29.3 Å². The normalized spacial score (nSPS) is 16.6. The lowest BCUT2D eigenvalue weighted by atomic mass is 9.98. The molecule has 0 radical (unpaired) electrons. The van der Waals surface area contributed by atoms with E-state index in [-0.39, 0.29) is 6.03 Å². The van der Waals surface area contributed by atoms with E-state index in [9.17, 15) is 4.79 Å². The van der Waals surface area contributed by atoms with Gasteiger partial charge < -0.3 is 15.1 Å². The Kier molecular flexibility index (Phi) is 4.65. The molecular formula is C16H25N3O. The van der Waals surface area contributed by atoms with Crippen LogP contribution in [0, 0.1) is 6.92 Å². The lowest BCUT2D eigenvalue weighted by molar-refractivity contribution is 0.164. The summed E-state index contributed by atoms with van der Waals surface area (Å²) in [5, 5.41) is 3.11. The zero-order chi connectivity index (χ0) is 14.7. The van der Waals surface area contributed by atoms with Gasteiger partial charge in [-0.2, -0.15) is 0 Å². The minimum Gasteiger partial charge on any atom is -0.322 e. The van der Waals surface area contributed by atoms with Gasteiger partial charge >= 0.3 is 6.03 Å². The first-order valence-electron chi connectivity index (χ1n) is 7.33. The first-order chi connectivity index (χ1) is 9.49. The Balaban J connectivity index is 2.11. The van der Waals surface area contributed by atoms with Crippen molar-refractivity contribution in [3.8, 4) is 0 Å². The molecule has 110 valence electrons. The fourth-order valence-electron chi connectivity index (χ4n) is 2.54. The summed E-state index contributed by atoms with van der Waals surface area (Å²) in [6.07, 6.45) is 0. The number of piperazine rings is 1. The monoisotopic (exact) mass is 275 g/mol. The van der Waals surface area contributed by atoms with Crippen LogP contribution >= 0.6 is 0 Å². The molecule has 1 fully saturated rings. The molecule has 1 heterocycles. The number of anilines is 1. The third kappa shape index (κ3) is 3.31. The molecule has 20 heavy (non-hydrogen) atoms. The Morgan fingerprint density at radius 2 is 1.85 bits per heavy atom. The average molecular weight is 275 g/mol. The summed E-state index contributed by atoms with van der Waals surface area (Å²) >= 11 is 0. The minimum absolute atomic E-state index is 0.0225. The molecule has 1 aliphatic heterocycles. The van der Waals surface area contributed by atoms with Crippen LogP contribution in [0.25, 0.3) is 0 Å². The second-order valence-corrected chi connectivity index (χ2v) is 5.91. The number of hydrogen-bond donors (Lipinski definition) is 1. The number of carbonyl (C=O) groups is 1. The Labute approximate surface area is 121 Å². The molecule has 1 aliphatic rings. The largest absolute Gasteiger partial charge is 0.322 e. The molecule has 1 saturated heterocycles. The zero-order valence-corrected chi connectivity index (χ0v) is 12.9. The molecule has 1 aromatic carbocycles. The van der Waals surface area contributed by atoms with Gasteiger partial charge in [0.05, 0.1) is 0 Å². The average Bonchev–Trinajstić information content (AvgIpc) is 2.41. The van der Waals surface area contributed by atoms with Crippen molar-refractivity contribution in [2.24, 2.45) is 0 Å². The van der Waals surface area contributed by atoms with Crippen molar-refractivity contribution in [1.29, 1.82) is 0 Å². The van der Waals surface area contributed by atoms with Crippen molar-refractivity contribution >= 4 is 11.7 Å². The van der Waals surface area contributed by atoms with Crippen molar-refractivity contribution in [3.63, 3.8) is 0 Å². The Bertz CT molecular complexity index is 477. The van der Waals surface area contributed by atoms with Crippen LogP contribution in [0.15, 0.2) is 18.2 Å². The van der Waals surface area contributed by atoms with Crippen LogP contribution in [-0.2, 0) is 0 Å². The first kappa shape index (κ1) is 14.9. The van der Waals surface area contributed by atoms with Crippen molar-refractivity contribution in [1.82, 2.24) is 9.80 Å². The molecule has 4 nitrogen and oxygen atoms in total. The van der Waals surface area contributed by atoms with E-state index in [4.69, 9.17) is 0 Å². The molecule has 2 amide bonds. The van der Waals surface area contributed by atoms with Gasteiger partial charge in [-0.25, -0.2) is 4.79 Å². The van der Waals surface area contributed by atoms with E-state index in [1.54, 1.807) is 0 Å². The van der Waals surface area contributed by atoms with E-state index in [1.807, 2.05) is 17.9 Å². The Morgan fingerprint density at radius 3 is 2.45 bits per heavy atom. The Morgan fingerprint density at radius 1 is 1.20 bits per heavy atom. The summed E-state index contributed by atoms with van der Waals surface area (Å²) in [7, 11) is 2.09. The number of carbonyl (C=O) groups excluding carboxylic acids is 1. The molecule has 0 unspecified atom stereocenters. The highest BCUT2D eigenvalue weighted by atomic mass is 16.2. The van der Waals surface area contributed by atoms with Crippen LogP contribution in [-0.4, -0.2) is 49.1 Å². The summed E-state index contributed by atoms with van der Waals surface area (Å²) in [5.74, 6) is 0.401. The van der Waals surface area contributed by atoms with Gasteiger partial charge in [0.1, 0.15) is 0 Å². The number of rotatable bonds is 2. The first-order valence-corrected chi connectivity index (χ1v) is 7.33. The summed E-state index contributed by atoms with van der Waals surface area (Å²) in [6.45, 7) is 9.83. The minimum atomic E-state index is 0.0225. The summed E-state index contributed by atoms with van der Waals surface area (Å²) in [4.78, 5) is 16.5. The maximum atomic E-state index is 12.4. The number of urea groups is 1. The van der Waals surface area contributed by atoms with Gasteiger partial charge in [-0.3, -0.25) is 0 Å². The van der Waals surface area contributed by atoms with E-state index in [2.05, 4.69) is 43.2 Å². The SMILES string of the molecule is Cc1cccc(C(C)C)c1NC(=O)N1CCN(C)CC1. The van der Waals surface area contributed by atoms with Crippen molar-refractivity contribution < 1.29 is 4.79 Å². The highest BCUT2D eigenvalue weighted by molar-refractivity contribution is 5.91. The maximum absolute atomic E-state index is 12.4. The molecule has 1 N–H and O–H groups in total. The summed E-state index contributed by atoms with van der Waals surface area (Å²) in [5.41, 5.74) is 3.30. The van der Waals surface area contributed by atoms with Crippen molar-refractivity contribution in [2.75, 3.05) is 38.5 Å². The lowest BCUT2D eigenvalue weighted by Crippen LogP contribution is -2.48. The van der Waals surface area contributed by atoms with E-state index in [1.165, 1.54) is 5.56 Å². The zero-order valence-electron chi connectivity index (χ0n) is 12.9. The van der Waals surface area contributed by atoms with Crippen molar-refractivity contribution in [2.45, 2.75) is 26.7 Å². The number of hydrogen-bond acceptors (Lipinski definition) is 2. The van der Waals surface area contributed by atoms with E-state index in [0.29, 0.717) is 5.92 Å². The fourth-order valence-corrected chi connectivity index (χ4v) is 2.54. The van der Waals surface area contributed by atoms with Gasteiger partial charge in [-0.1, -0.05) is 32.0 Å². The number of likely N-dealkylation sites (N-methyl/N-ethyl adjacent to an activating group) is 1. The lowest BCUT2D eigenvalue weighted by Gasteiger charge is -2.32. The number of para-hydroxylation sites is 1. The van der Waals surface area contributed by atoms with Crippen LogP contribution in [0.2, 0.25) is 0 Å². The summed E-state index contributed by atoms with van der Waals surface area (Å²) < 4.78 is 0. The summed E-state index contributed by atoms with van der Waals surface area (Å²) in [6, 6.07) is 6.22. The number of nitrogens with one attached hydrogen (secondary N) is 1. The molecular weight excluding hydrogens is 250 g/mol. The molecule has 0 spiro atoms. The molecule has 0 saturated carbocycles. The van der Waals surface area contributed by atoms with Gasteiger partial charge in [-0.05, 0) is 31.0 Å². The molecule has 0 atom stereocenters. The van der Waals surface area contributed by atoms with Crippen LogP contribution in [0.5, 0.6) is 0 Å². The number of nitrogens with zero attached hydrogens (tertiary/aromatic N) is 2. The molecule has 4 heteroatoms. The van der Waals surface area contributed by atoms with Crippen LogP contribution in [0.4, 0.5) is 10.5 Å². The standard InChI is InChI=1S/C16H25N3O/c1-12(2)14-7-5-6-13(3)15(14)17-16(20)19-10-8-18(4)9-11-19/h5-7,12H,8-11H2,1-4H3,(H,17,20). The third-order valence-corrected chi connectivity index (χ3v) is 3.95. The maximum Gasteiger partial charge on any atom is 0.321 e. The predicted molar refractivity (Wildman–Crippen MR) is 83.4 cm³/mol. The number of aryl methyl sites for hydroxylation is 1. The van der Waals surface area contributed by atoms with Gasteiger partial charge in [0.25, 0.3) is 0 Å². The number of benzene rings is 1. The molecule has 0 aliphatic carbocycles. The second-order valence-electron chi connectivity index (χ2n) is 5.91. The fraction of sp³-hybridized carbons (Fsp3) is 0.562. The van der Waals surface area contributed by atoms with Gasteiger partial charge in [-0.15, -0.1) is 0 Å². The molecule has 0 bridgehead atoms. The van der Waals surface area contributed by atoms with Gasteiger partial charge in [0.2, 0.25) is 0 Å². The predicted octanol–water partition coefficient (Wildman–Crippen LogP) is 2.90. The highest BCUT2D eigenvalue weighted by Gasteiger charge is 2.20. The second kappa shape index (κ2) is 6.27. The van der Waals surface area contributed by atoms with Crippen LogP contribution < -0.4 is 5.32 Å². The quantitative estimate of drug-likeness (QED) is 0.901. The van der Waals surface area contributed by atoms with E-state index < -0.39 is 0 Å². The highest BCUT2D eigenvalue weighted by Crippen LogP contribution is 2.27. The van der Waals surface area contributed by atoms with Crippen LogP contribution in [0.1, 0.15) is 30.9 Å². The van der Waals surface area contributed by atoms with Gasteiger partial charge in [0.15, 0.2) is 0 Å². The smallest absolute Gasteiger partial charge is 0.321 e. The third-order valence-electron chi connectivity index (χ3n) is 3.95. The number of amides is 2. The van der Waals surface area contributed by atoms with Crippen LogP contribution in [0.3, 0.4) is 0 Å². The van der Waals surface area contributed by atoms with E-state index >= 15 is 0 Å². The Hall–Kier alpha value is -1.55. The molecule has 0 aromatic heterocycles. The molecule has 1 aromatic rings. The topological polar surface area (TPSA) is 35.6 Å². The van der Waals surface area contributed by atoms with Gasteiger partial charge in [0, 0.05) is 31.9 Å².